The van der Waals surface area contributed by atoms with Crippen molar-refractivity contribution in [2.75, 3.05) is 11.9 Å². The van der Waals surface area contributed by atoms with Crippen LogP contribution in [0.25, 0.3) is 16.2 Å². The maximum Gasteiger partial charge on any atom is 0.267 e. The van der Waals surface area contributed by atoms with Crippen molar-refractivity contribution in [2.24, 2.45) is 0 Å². The zero-order valence-corrected chi connectivity index (χ0v) is 15.9. The molecule has 0 aliphatic carbocycles. The predicted octanol–water partition coefficient (Wildman–Crippen LogP) is 3.49. The fourth-order valence-corrected chi connectivity index (χ4v) is 4.55. The van der Waals surface area contributed by atoms with Crippen molar-refractivity contribution in [1.82, 2.24) is 9.38 Å². The number of aldehydes is 1. The number of likely N-dealkylation sites (N-methyl/N-ethyl adjacent to an activating group) is 1. The zero-order chi connectivity index (χ0) is 18.6. The number of hydrogen-bond donors (Lipinski definition) is 0. The smallest absolute Gasteiger partial charge is 0.267 e. The lowest BCUT2D eigenvalue weighted by atomic mass is 10.1. The van der Waals surface area contributed by atoms with Gasteiger partial charge < -0.3 is 9.64 Å². The number of benzene rings is 1. The van der Waals surface area contributed by atoms with Gasteiger partial charge in [-0.2, -0.15) is 0 Å². The van der Waals surface area contributed by atoms with Gasteiger partial charge in [-0.05, 0) is 38.5 Å². The van der Waals surface area contributed by atoms with Gasteiger partial charge in [0, 0.05) is 23.2 Å². The quantitative estimate of drug-likeness (QED) is 0.663. The van der Waals surface area contributed by atoms with E-state index < -0.39 is 6.10 Å². The van der Waals surface area contributed by atoms with Crippen LogP contribution < -0.4 is 9.64 Å². The molecule has 134 valence electrons. The third-order valence-corrected chi connectivity index (χ3v) is 5.82. The first-order chi connectivity index (χ1) is 12.5. The summed E-state index contributed by atoms with van der Waals surface area (Å²) in [6.07, 6.45) is 1.18. The van der Waals surface area contributed by atoms with Crippen molar-refractivity contribution in [3.8, 4) is 17.0 Å². The molecule has 0 spiro atoms. The fraction of sp³-hybridized carbons (Fsp3) is 0.316. The number of amides is 1. The number of nitrogens with zero attached hydrogens (tertiary/aromatic N) is 3. The van der Waals surface area contributed by atoms with E-state index in [0.717, 1.165) is 28.9 Å². The Kier molecular flexibility index (Phi) is 3.84. The van der Waals surface area contributed by atoms with Gasteiger partial charge >= 0.3 is 0 Å². The minimum atomic E-state index is -0.503. The molecule has 1 aliphatic rings. The Bertz CT molecular complexity index is 1050. The van der Waals surface area contributed by atoms with Gasteiger partial charge in [-0.3, -0.25) is 14.0 Å². The number of thiazole rings is 1. The van der Waals surface area contributed by atoms with Crippen LogP contribution in [0.5, 0.6) is 5.75 Å². The van der Waals surface area contributed by atoms with Gasteiger partial charge in [-0.1, -0.05) is 6.92 Å². The van der Waals surface area contributed by atoms with E-state index >= 15 is 0 Å². The molecule has 0 fully saturated rings. The Balaban J connectivity index is 1.90. The summed E-state index contributed by atoms with van der Waals surface area (Å²) in [6.45, 7) is 5.85. The number of hydrogen-bond acceptors (Lipinski definition) is 5. The second kappa shape index (κ2) is 5.95. The number of anilines is 1. The molecule has 0 radical (unpaired) electrons. The Labute approximate surface area is 155 Å². The van der Waals surface area contributed by atoms with Gasteiger partial charge in [0.1, 0.15) is 17.1 Å². The summed E-state index contributed by atoms with van der Waals surface area (Å²) in [5.74, 6) is 0.557. The molecule has 3 aromatic rings. The van der Waals surface area contributed by atoms with Crippen molar-refractivity contribution in [3.63, 3.8) is 0 Å². The first kappa shape index (κ1) is 16.8. The van der Waals surface area contributed by atoms with E-state index in [1.54, 1.807) is 30.2 Å². The lowest BCUT2D eigenvalue weighted by Crippen LogP contribution is -2.41. The van der Waals surface area contributed by atoms with Crippen LogP contribution in [0.1, 0.15) is 34.9 Å². The summed E-state index contributed by atoms with van der Waals surface area (Å²) in [4.78, 5) is 32.3. The van der Waals surface area contributed by atoms with Crippen molar-refractivity contribution in [1.29, 1.82) is 0 Å². The standard InChI is InChI=1S/C19H19N3O3S/c1-5-13-11(3)26-19-20-17(15(9-23)22(13)19)12-6-7-16-14(8-12)21(4)18(24)10(2)25-16/h6-10H,5H2,1-4H3. The first-order valence-electron chi connectivity index (χ1n) is 8.50. The molecule has 3 heterocycles. The molecule has 0 saturated heterocycles. The maximum atomic E-state index is 12.2. The summed E-state index contributed by atoms with van der Waals surface area (Å²) < 4.78 is 7.61. The predicted molar refractivity (Wildman–Crippen MR) is 102 cm³/mol. The molecule has 1 atom stereocenters. The number of carbonyl (C=O) groups excluding carboxylic acids is 2. The van der Waals surface area contributed by atoms with Crippen LogP contribution in [0.2, 0.25) is 0 Å². The second-order valence-electron chi connectivity index (χ2n) is 6.38. The van der Waals surface area contributed by atoms with Gasteiger partial charge in [-0.25, -0.2) is 4.98 Å². The van der Waals surface area contributed by atoms with Crippen LogP contribution in [0, 0.1) is 6.92 Å². The molecular formula is C19H19N3O3S. The number of imidazole rings is 1. The number of rotatable bonds is 3. The van der Waals surface area contributed by atoms with Gasteiger partial charge in [0.15, 0.2) is 17.4 Å². The number of ether oxygens (including phenoxy) is 1. The van der Waals surface area contributed by atoms with Gasteiger partial charge in [0.2, 0.25) is 0 Å². The SMILES string of the molecule is CCc1c(C)sc2nc(-c3ccc4c(c3)N(C)C(=O)C(C)O4)c(C=O)n12. The summed E-state index contributed by atoms with van der Waals surface area (Å²) in [5, 5.41) is 0. The molecule has 0 bridgehead atoms. The zero-order valence-electron chi connectivity index (χ0n) is 15.1. The first-order valence-corrected chi connectivity index (χ1v) is 9.32. The van der Waals surface area contributed by atoms with Crippen molar-refractivity contribution in [3.05, 3.63) is 34.5 Å². The lowest BCUT2D eigenvalue weighted by molar-refractivity contribution is -0.125. The van der Waals surface area contributed by atoms with Gasteiger partial charge in [0.05, 0.1) is 5.69 Å². The highest BCUT2D eigenvalue weighted by Gasteiger charge is 2.29. The Morgan fingerprint density at radius 3 is 2.85 bits per heavy atom. The summed E-state index contributed by atoms with van der Waals surface area (Å²) in [7, 11) is 1.73. The van der Waals surface area contributed by atoms with Crippen LogP contribution in [0.15, 0.2) is 18.2 Å². The van der Waals surface area contributed by atoms with Crippen LogP contribution in [0.4, 0.5) is 5.69 Å². The largest absolute Gasteiger partial charge is 0.479 e. The molecule has 2 aromatic heterocycles. The van der Waals surface area contributed by atoms with Crippen LogP contribution in [-0.2, 0) is 11.2 Å². The van der Waals surface area contributed by atoms with E-state index in [-0.39, 0.29) is 5.91 Å². The molecule has 26 heavy (non-hydrogen) atoms. The van der Waals surface area contributed by atoms with E-state index in [9.17, 15) is 9.59 Å². The minimum absolute atomic E-state index is 0.0972. The van der Waals surface area contributed by atoms with E-state index in [1.807, 2.05) is 29.5 Å². The molecule has 6 nitrogen and oxygen atoms in total. The molecular weight excluding hydrogens is 350 g/mol. The number of carbonyl (C=O) groups is 2. The molecule has 1 amide bonds. The molecule has 0 saturated carbocycles. The molecule has 4 rings (SSSR count). The van der Waals surface area contributed by atoms with Crippen LogP contribution in [0.3, 0.4) is 0 Å². The minimum Gasteiger partial charge on any atom is -0.479 e. The summed E-state index contributed by atoms with van der Waals surface area (Å²) in [5.41, 5.74) is 3.75. The third kappa shape index (κ3) is 2.27. The molecule has 1 unspecified atom stereocenters. The van der Waals surface area contributed by atoms with E-state index in [4.69, 9.17) is 9.72 Å². The highest BCUT2D eigenvalue weighted by atomic mass is 32.1. The molecule has 0 N–H and O–H groups in total. The Morgan fingerprint density at radius 1 is 1.38 bits per heavy atom. The monoisotopic (exact) mass is 369 g/mol. The van der Waals surface area contributed by atoms with Gasteiger partial charge in [0.25, 0.3) is 5.91 Å². The van der Waals surface area contributed by atoms with Crippen molar-refractivity contribution < 1.29 is 14.3 Å². The highest BCUT2D eigenvalue weighted by Crippen LogP contribution is 2.38. The summed E-state index contributed by atoms with van der Waals surface area (Å²) in [6, 6.07) is 5.57. The third-order valence-electron chi connectivity index (χ3n) is 4.83. The lowest BCUT2D eigenvalue weighted by Gasteiger charge is -2.30. The average Bonchev–Trinajstić information content (AvgIpc) is 3.13. The van der Waals surface area contributed by atoms with E-state index in [2.05, 4.69) is 6.92 Å². The number of fused-ring (bicyclic) bond motifs is 2. The number of aromatic nitrogens is 2. The van der Waals surface area contributed by atoms with E-state index in [1.165, 1.54) is 4.88 Å². The average molecular weight is 369 g/mol. The molecule has 7 heteroatoms. The summed E-state index contributed by atoms with van der Waals surface area (Å²) >= 11 is 1.58. The van der Waals surface area contributed by atoms with Gasteiger partial charge in [-0.15, -0.1) is 11.3 Å². The second-order valence-corrected chi connectivity index (χ2v) is 7.56. The van der Waals surface area contributed by atoms with Crippen molar-refractivity contribution in [2.45, 2.75) is 33.3 Å². The fourth-order valence-electron chi connectivity index (χ4n) is 3.48. The Morgan fingerprint density at radius 2 is 2.15 bits per heavy atom. The molecule has 1 aliphatic heterocycles. The topological polar surface area (TPSA) is 63.9 Å². The Hall–Kier alpha value is -2.67. The normalized spacial score (nSPS) is 16.7. The number of aryl methyl sites for hydroxylation is 2. The highest BCUT2D eigenvalue weighted by molar-refractivity contribution is 7.17. The molecule has 1 aromatic carbocycles. The maximum absolute atomic E-state index is 12.2. The van der Waals surface area contributed by atoms with E-state index in [0.29, 0.717) is 22.8 Å². The van der Waals surface area contributed by atoms with Crippen molar-refractivity contribution >= 4 is 34.2 Å². The van der Waals surface area contributed by atoms with Crippen LogP contribution >= 0.6 is 11.3 Å². The van der Waals surface area contributed by atoms with Crippen LogP contribution in [-0.4, -0.2) is 34.7 Å².